The number of hydrogen-bond acceptors (Lipinski definition) is 3. The number of nitrogens with one attached hydrogen (secondary N) is 1. The quantitative estimate of drug-likeness (QED) is 0.712. The van der Waals surface area contributed by atoms with E-state index >= 15 is 0 Å². The second-order valence-corrected chi connectivity index (χ2v) is 7.96. The molecule has 3 rings (SSSR count). The lowest BCUT2D eigenvalue weighted by molar-refractivity contribution is 0.599. The van der Waals surface area contributed by atoms with E-state index in [0.29, 0.717) is 17.4 Å². The van der Waals surface area contributed by atoms with Crippen molar-refractivity contribution in [3.05, 3.63) is 82.5 Å². The van der Waals surface area contributed by atoms with Crippen LogP contribution in [0.1, 0.15) is 16.8 Å². The van der Waals surface area contributed by atoms with E-state index in [4.69, 9.17) is 11.6 Å². The molecule has 0 saturated heterocycles. The molecular formula is C18H18ClN3O2S. The fourth-order valence-electron chi connectivity index (χ4n) is 2.47. The zero-order valence-corrected chi connectivity index (χ0v) is 15.3. The average Bonchev–Trinajstić information content (AvgIpc) is 2.88. The van der Waals surface area contributed by atoms with Gasteiger partial charge >= 0.3 is 0 Å². The molecule has 0 spiro atoms. The van der Waals surface area contributed by atoms with Gasteiger partial charge in [-0.3, -0.25) is 9.40 Å². The van der Waals surface area contributed by atoms with Crippen molar-refractivity contribution in [2.24, 2.45) is 0 Å². The topological polar surface area (TPSA) is 64.0 Å². The minimum Gasteiger partial charge on any atom is -0.266 e. The van der Waals surface area contributed by atoms with Crippen LogP contribution in [0.4, 0.5) is 5.82 Å². The number of anilines is 1. The van der Waals surface area contributed by atoms with Gasteiger partial charge in [-0.25, -0.2) is 8.42 Å². The van der Waals surface area contributed by atoms with Crippen LogP contribution in [0.15, 0.2) is 60.7 Å². The molecule has 5 nitrogen and oxygen atoms in total. The number of nitrogens with zero attached hydrogens (tertiary/aromatic N) is 2. The summed E-state index contributed by atoms with van der Waals surface area (Å²) in [6.07, 6.45) is 0. The van der Waals surface area contributed by atoms with Gasteiger partial charge in [0.05, 0.1) is 12.3 Å². The highest BCUT2D eigenvalue weighted by Crippen LogP contribution is 2.16. The molecule has 0 fully saturated rings. The fourth-order valence-corrected chi connectivity index (χ4v) is 3.72. The Hall–Kier alpha value is -2.31. The van der Waals surface area contributed by atoms with E-state index in [1.165, 1.54) is 0 Å². The number of hydrogen-bond donors (Lipinski definition) is 1. The van der Waals surface area contributed by atoms with E-state index < -0.39 is 10.0 Å². The lowest BCUT2D eigenvalue weighted by Crippen LogP contribution is -2.15. The third-order valence-corrected chi connectivity index (χ3v) is 5.17. The maximum Gasteiger partial charge on any atom is 0.238 e. The van der Waals surface area contributed by atoms with Gasteiger partial charge in [-0.05, 0) is 30.2 Å². The predicted molar refractivity (Wildman–Crippen MR) is 100 cm³/mol. The lowest BCUT2D eigenvalue weighted by Gasteiger charge is -2.06. The summed E-state index contributed by atoms with van der Waals surface area (Å²) in [5.74, 6) is 0.235. The molecule has 0 aliphatic rings. The highest BCUT2D eigenvalue weighted by Gasteiger charge is 2.14. The summed E-state index contributed by atoms with van der Waals surface area (Å²) in [7, 11) is -3.51. The molecule has 1 heterocycles. The van der Waals surface area contributed by atoms with E-state index in [1.54, 1.807) is 22.9 Å². The van der Waals surface area contributed by atoms with Crippen molar-refractivity contribution in [3.63, 3.8) is 0 Å². The normalized spacial score (nSPS) is 11.4. The van der Waals surface area contributed by atoms with Crippen LogP contribution in [0, 0.1) is 6.92 Å². The summed E-state index contributed by atoms with van der Waals surface area (Å²) in [4.78, 5) is 0. The van der Waals surface area contributed by atoms with Crippen molar-refractivity contribution in [2.45, 2.75) is 19.2 Å². The van der Waals surface area contributed by atoms with E-state index in [0.717, 1.165) is 16.8 Å². The molecule has 1 aromatic heterocycles. The van der Waals surface area contributed by atoms with Gasteiger partial charge in [0.1, 0.15) is 0 Å². The maximum absolute atomic E-state index is 12.3. The third kappa shape index (κ3) is 4.84. The van der Waals surface area contributed by atoms with Gasteiger partial charge in [0, 0.05) is 16.8 Å². The molecule has 0 unspecified atom stereocenters. The number of sulfonamides is 1. The Morgan fingerprint density at radius 3 is 2.40 bits per heavy atom. The van der Waals surface area contributed by atoms with Crippen LogP contribution in [0.25, 0.3) is 0 Å². The Morgan fingerprint density at radius 1 is 1.04 bits per heavy atom. The van der Waals surface area contributed by atoms with Gasteiger partial charge in [-0.1, -0.05) is 54.1 Å². The van der Waals surface area contributed by atoms with Crippen LogP contribution < -0.4 is 4.72 Å². The molecule has 0 aliphatic heterocycles. The highest BCUT2D eigenvalue weighted by atomic mass is 35.5. The van der Waals surface area contributed by atoms with Crippen molar-refractivity contribution in [1.82, 2.24) is 9.78 Å². The molecular weight excluding hydrogens is 358 g/mol. The monoisotopic (exact) mass is 375 g/mol. The minimum absolute atomic E-state index is 0.0864. The molecule has 0 radical (unpaired) electrons. The highest BCUT2D eigenvalue weighted by molar-refractivity contribution is 7.91. The Bertz CT molecular complexity index is 952. The largest absolute Gasteiger partial charge is 0.266 e. The molecule has 0 amide bonds. The van der Waals surface area contributed by atoms with Crippen LogP contribution in [-0.2, 0) is 22.3 Å². The number of aromatic nitrogens is 2. The first-order valence-electron chi connectivity index (χ1n) is 7.75. The van der Waals surface area contributed by atoms with Crippen molar-refractivity contribution in [2.75, 3.05) is 4.72 Å². The smallest absolute Gasteiger partial charge is 0.238 e. The molecule has 25 heavy (non-hydrogen) atoms. The average molecular weight is 376 g/mol. The predicted octanol–water partition coefficient (Wildman–Crippen LogP) is 3.84. The molecule has 7 heteroatoms. The van der Waals surface area contributed by atoms with Gasteiger partial charge in [-0.2, -0.15) is 5.10 Å². The van der Waals surface area contributed by atoms with Crippen molar-refractivity contribution < 1.29 is 8.42 Å². The molecule has 0 saturated carbocycles. The first-order chi connectivity index (χ1) is 11.9. The van der Waals surface area contributed by atoms with Crippen molar-refractivity contribution >= 4 is 27.4 Å². The van der Waals surface area contributed by atoms with Gasteiger partial charge < -0.3 is 0 Å². The first kappa shape index (κ1) is 17.5. The van der Waals surface area contributed by atoms with Crippen molar-refractivity contribution in [3.8, 4) is 0 Å². The second-order valence-electron chi connectivity index (χ2n) is 5.80. The Kier molecular flexibility index (Phi) is 5.11. The molecule has 0 atom stereocenters. The summed E-state index contributed by atoms with van der Waals surface area (Å²) in [5.41, 5.74) is 2.63. The third-order valence-electron chi connectivity index (χ3n) is 3.69. The van der Waals surface area contributed by atoms with E-state index in [9.17, 15) is 8.42 Å². The molecule has 3 aromatic rings. The summed E-state index contributed by atoms with van der Waals surface area (Å²) in [5, 5.41) is 5.02. The maximum atomic E-state index is 12.3. The summed E-state index contributed by atoms with van der Waals surface area (Å²) in [6.45, 7) is 2.43. The van der Waals surface area contributed by atoms with E-state index in [1.807, 2.05) is 49.4 Å². The zero-order valence-electron chi connectivity index (χ0n) is 13.7. The fraction of sp³-hybridized carbons (Fsp3) is 0.167. The Labute approximate surface area is 152 Å². The minimum atomic E-state index is -3.51. The van der Waals surface area contributed by atoms with Gasteiger partial charge in [0.15, 0.2) is 5.82 Å². The number of halogens is 1. The van der Waals surface area contributed by atoms with Crippen LogP contribution in [0.2, 0.25) is 5.02 Å². The van der Waals surface area contributed by atoms with Crippen LogP contribution >= 0.6 is 11.6 Å². The number of benzene rings is 2. The molecule has 1 N–H and O–H groups in total. The summed E-state index contributed by atoms with van der Waals surface area (Å²) in [6, 6.07) is 18.2. The molecule has 2 aromatic carbocycles. The standard InChI is InChI=1S/C18H18ClN3O2S/c1-14-11-18(20-22(14)12-15-7-9-17(19)10-8-15)21-25(23,24)13-16-5-3-2-4-6-16/h2-11H,12-13H2,1H3,(H,20,21). The van der Waals surface area contributed by atoms with Gasteiger partial charge in [0.2, 0.25) is 10.0 Å². The Morgan fingerprint density at radius 2 is 1.72 bits per heavy atom. The van der Waals surface area contributed by atoms with Crippen LogP contribution in [-0.4, -0.2) is 18.2 Å². The van der Waals surface area contributed by atoms with Gasteiger partial charge in [0.25, 0.3) is 0 Å². The first-order valence-corrected chi connectivity index (χ1v) is 9.78. The molecule has 130 valence electrons. The van der Waals surface area contributed by atoms with Crippen molar-refractivity contribution in [1.29, 1.82) is 0 Å². The summed E-state index contributed by atoms with van der Waals surface area (Å²) < 4.78 is 28.9. The van der Waals surface area contributed by atoms with Crippen LogP contribution in [0.3, 0.4) is 0 Å². The lowest BCUT2D eigenvalue weighted by atomic mass is 10.2. The summed E-state index contributed by atoms with van der Waals surface area (Å²) >= 11 is 5.89. The zero-order chi connectivity index (χ0) is 17.9. The molecule has 0 bridgehead atoms. The number of rotatable bonds is 6. The Balaban J connectivity index is 1.72. The molecule has 0 aliphatic carbocycles. The van der Waals surface area contributed by atoms with E-state index in [-0.39, 0.29) is 5.75 Å². The number of aryl methyl sites for hydroxylation is 1. The van der Waals surface area contributed by atoms with E-state index in [2.05, 4.69) is 9.82 Å². The second kappa shape index (κ2) is 7.29. The van der Waals surface area contributed by atoms with Crippen LogP contribution in [0.5, 0.6) is 0 Å². The van der Waals surface area contributed by atoms with Gasteiger partial charge in [-0.15, -0.1) is 0 Å². The SMILES string of the molecule is Cc1cc(NS(=O)(=O)Cc2ccccc2)nn1Cc1ccc(Cl)cc1.